The van der Waals surface area contributed by atoms with E-state index >= 15 is 0 Å². The SMILES string of the molecule is CCN(c1nccc(C)c1Br)C1CCCC1. The van der Waals surface area contributed by atoms with Crippen molar-refractivity contribution in [3.05, 3.63) is 22.3 Å². The number of aryl methyl sites for hydroxylation is 1. The second-order valence-electron chi connectivity index (χ2n) is 4.49. The van der Waals surface area contributed by atoms with Crippen LogP contribution in [0.25, 0.3) is 0 Å². The Balaban J connectivity index is 2.28. The van der Waals surface area contributed by atoms with Gasteiger partial charge in [0.15, 0.2) is 0 Å². The molecule has 0 unspecified atom stereocenters. The van der Waals surface area contributed by atoms with Gasteiger partial charge in [-0.2, -0.15) is 0 Å². The van der Waals surface area contributed by atoms with Gasteiger partial charge in [0, 0.05) is 18.8 Å². The van der Waals surface area contributed by atoms with Gasteiger partial charge in [-0.1, -0.05) is 12.8 Å². The van der Waals surface area contributed by atoms with Crippen LogP contribution in [-0.2, 0) is 0 Å². The number of nitrogens with zero attached hydrogens (tertiary/aromatic N) is 2. The van der Waals surface area contributed by atoms with Gasteiger partial charge in [-0.3, -0.25) is 0 Å². The second-order valence-corrected chi connectivity index (χ2v) is 5.28. The van der Waals surface area contributed by atoms with E-state index in [1.807, 2.05) is 6.20 Å². The van der Waals surface area contributed by atoms with E-state index in [1.54, 1.807) is 0 Å². The average molecular weight is 283 g/mol. The molecule has 0 aliphatic heterocycles. The number of aromatic nitrogens is 1. The van der Waals surface area contributed by atoms with Gasteiger partial charge >= 0.3 is 0 Å². The van der Waals surface area contributed by atoms with E-state index in [1.165, 1.54) is 31.2 Å². The summed E-state index contributed by atoms with van der Waals surface area (Å²) >= 11 is 3.66. The Bertz CT molecular complexity index is 359. The average Bonchev–Trinajstić information content (AvgIpc) is 2.79. The zero-order valence-corrected chi connectivity index (χ0v) is 11.6. The number of halogens is 1. The minimum Gasteiger partial charge on any atom is -0.353 e. The summed E-state index contributed by atoms with van der Waals surface area (Å²) in [6, 6.07) is 2.74. The van der Waals surface area contributed by atoms with Gasteiger partial charge in [0.1, 0.15) is 5.82 Å². The third kappa shape index (κ3) is 2.24. The van der Waals surface area contributed by atoms with Crippen molar-refractivity contribution >= 4 is 21.7 Å². The zero-order chi connectivity index (χ0) is 11.5. The van der Waals surface area contributed by atoms with Crippen molar-refractivity contribution in [2.75, 3.05) is 11.4 Å². The molecule has 0 atom stereocenters. The Morgan fingerprint density at radius 1 is 1.44 bits per heavy atom. The Hall–Kier alpha value is -0.570. The van der Waals surface area contributed by atoms with E-state index < -0.39 is 0 Å². The highest BCUT2D eigenvalue weighted by molar-refractivity contribution is 9.10. The molecule has 1 aromatic rings. The molecule has 0 amide bonds. The van der Waals surface area contributed by atoms with Crippen LogP contribution in [0.4, 0.5) is 5.82 Å². The molecular weight excluding hydrogens is 264 g/mol. The van der Waals surface area contributed by atoms with Gasteiger partial charge in [-0.25, -0.2) is 4.98 Å². The minimum atomic E-state index is 0.690. The molecule has 0 bridgehead atoms. The highest BCUT2D eigenvalue weighted by atomic mass is 79.9. The lowest BCUT2D eigenvalue weighted by Gasteiger charge is -2.29. The molecule has 0 saturated heterocycles. The van der Waals surface area contributed by atoms with Crippen LogP contribution in [0.5, 0.6) is 0 Å². The van der Waals surface area contributed by atoms with Gasteiger partial charge < -0.3 is 4.90 Å². The van der Waals surface area contributed by atoms with Gasteiger partial charge in [-0.05, 0) is 54.2 Å². The van der Waals surface area contributed by atoms with Gasteiger partial charge in [0.05, 0.1) is 4.47 Å². The number of rotatable bonds is 3. The van der Waals surface area contributed by atoms with Crippen molar-refractivity contribution in [1.29, 1.82) is 0 Å². The summed E-state index contributed by atoms with van der Waals surface area (Å²) in [5.41, 5.74) is 1.27. The normalized spacial score (nSPS) is 16.7. The smallest absolute Gasteiger partial charge is 0.143 e. The maximum Gasteiger partial charge on any atom is 0.143 e. The Labute approximate surface area is 106 Å². The van der Waals surface area contributed by atoms with Crippen LogP contribution in [0, 0.1) is 6.92 Å². The van der Waals surface area contributed by atoms with Gasteiger partial charge in [0.25, 0.3) is 0 Å². The molecule has 0 radical (unpaired) electrons. The number of hydrogen-bond acceptors (Lipinski definition) is 2. The molecule has 2 rings (SSSR count). The quantitative estimate of drug-likeness (QED) is 0.835. The predicted octanol–water partition coefficient (Wildman–Crippen LogP) is 3.92. The standard InChI is InChI=1S/C13H19BrN2/c1-3-16(11-6-4-5-7-11)13-12(14)10(2)8-9-15-13/h8-9,11H,3-7H2,1-2H3. The lowest BCUT2D eigenvalue weighted by Crippen LogP contribution is -2.34. The summed E-state index contributed by atoms with van der Waals surface area (Å²) in [5, 5.41) is 0. The fourth-order valence-corrected chi connectivity index (χ4v) is 2.99. The first-order valence-corrected chi connectivity index (χ1v) is 6.91. The highest BCUT2D eigenvalue weighted by Gasteiger charge is 2.24. The third-order valence-electron chi connectivity index (χ3n) is 3.44. The lowest BCUT2D eigenvalue weighted by atomic mass is 10.2. The summed E-state index contributed by atoms with van der Waals surface area (Å²) in [4.78, 5) is 6.98. The van der Waals surface area contributed by atoms with Crippen LogP contribution in [-0.4, -0.2) is 17.6 Å². The van der Waals surface area contributed by atoms with Crippen LogP contribution in [0.1, 0.15) is 38.2 Å². The lowest BCUT2D eigenvalue weighted by molar-refractivity contribution is 0.612. The molecule has 1 saturated carbocycles. The van der Waals surface area contributed by atoms with Gasteiger partial charge in [0.2, 0.25) is 0 Å². The maximum atomic E-state index is 4.53. The molecule has 2 nitrogen and oxygen atoms in total. The van der Waals surface area contributed by atoms with Crippen molar-refractivity contribution in [1.82, 2.24) is 4.98 Å². The molecule has 1 aliphatic rings. The first-order chi connectivity index (χ1) is 7.74. The number of hydrogen-bond donors (Lipinski definition) is 0. The fourth-order valence-electron chi connectivity index (χ4n) is 2.52. The topological polar surface area (TPSA) is 16.1 Å². The third-order valence-corrected chi connectivity index (χ3v) is 4.42. The van der Waals surface area contributed by atoms with Crippen molar-refractivity contribution < 1.29 is 0 Å². The number of anilines is 1. The van der Waals surface area contributed by atoms with E-state index in [-0.39, 0.29) is 0 Å². The minimum absolute atomic E-state index is 0.690. The largest absolute Gasteiger partial charge is 0.353 e. The predicted molar refractivity (Wildman–Crippen MR) is 72.0 cm³/mol. The molecule has 1 aliphatic carbocycles. The molecule has 1 fully saturated rings. The van der Waals surface area contributed by atoms with Crippen LogP contribution >= 0.6 is 15.9 Å². The molecule has 0 aromatic carbocycles. The highest BCUT2D eigenvalue weighted by Crippen LogP contribution is 2.32. The van der Waals surface area contributed by atoms with E-state index in [0.717, 1.165) is 16.8 Å². The Morgan fingerprint density at radius 3 is 2.75 bits per heavy atom. The van der Waals surface area contributed by atoms with E-state index in [0.29, 0.717) is 6.04 Å². The Morgan fingerprint density at radius 2 is 2.12 bits per heavy atom. The van der Waals surface area contributed by atoms with Crippen LogP contribution in [0.2, 0.25) is 0 Å². The Kier molecular flexibility index (Phi) is 3.85. The maximum absolute atomic E-state index is 4.53. The van der Waals surface area contributed by atoms with Crippen LogP contribution in [0.15, 0.2) is 16.7 Å². The summed E-state index contributed by atoms with van der Waals surface area (Å²) in [5.74, 6) is 1.12. The second kappa shape index (κ2) is 5.17. The summed E-state index contributed by atoms with van der Waals surface area (Å²) in [7, 11) is 0. The summed E-state index contributed by atoms with van der Waals surface area (Å²) in [6.45, 7) is 5.38. The van der Waals surface area contributed by atoms with Crippen molar-refractivity contribution in [2.24, 2.45) is 0 Å². The van der Waals surface area contributed by atoms with E-state index in [2.05, 4.69) is 45.7 Å². The summed E-state index contributed by atoms with van der Waals surface area (Å²) < 4.78 is 1.16. The van der Waals surface area contributed by atoms with Crippen molar-refractivity contribution in [3.8, 4) is 0 Å². The first kappa shape index (κ1) is 11.9. The monoisotopic (exact) mass is 282 g/mol. The fraction of sp³-hybridized carbons (Fsp3) is 0.615. The zero-order valence-electron chi connectivity index (χ0n) is 10.0. The molecule has 3 heteroatoms. The van der Waals surface area contributed by atoms with Gasteiger partial charge in [-0.15, -0.1) is 0 Å². The molecule has 0 spiro atoms. The van der Waals surface area contributed by atoms with E-state index in [4.69, 9.17) is 0 Å². The van der Waals surface area contributed by atoms with Crippen molar-refractivity contribution in [3.63, 3.8) is 0 Å². The molecule has 1 aromatic heterocycles. The molecular formula is C13H19BrN2. The molecule has 16 heavy (non-hydrogen) atoms. The van der Waals surface area contributed by atoms with E-state index in [9.17, 15) is 0 Å². The first-order valence-electron chi connectivity index (χ1n) is 6.11. The van der Waals surface area contributed by atoms with Crippen molar-refractivity contribution in [2.45, 2.75) is 45.6 Å². The number of pyridine rings is 1. The summed E-state index contributed by atoms with van der Waals surface area (Å²) in [6.07, 6.45) is 7.27. The van der Waals surface area contributed by atoms with Crippen LogP contribution in [0.3, 0.4) is 0 Å². The van der Waals surface area contributed by atoms with Crippen LogP contribution < -0.4 is 4.90 Å². The molecule has 88 valence electrons. The molecule has 0 N–H and O–H groups in total. The molecule has 1 heterocycles.